The van der Waals surface area contributed by atoms with Crippen molar-refractivity contribution in [2.24, 2.45) is 20.5 Å². The third-order valence-corrected chi connectivity index (χ3v) is 9.75. The molecule has 4 aromatic heterocycles. The van der Waals surface area contributed by atoms with Crippen LogP contribution in [0.2, 0.25) is 0 Å². The molecule has 0 saturated heterocycles. The second kappa shape index (κ2) is 17.5. The Bertz CT molecular complexity index is 3450. The average Bonchev–Trinajstić information content (AvgIpc) is 3.97. The highest BCUT2D eigenvalue weighted by atomic mass is 16.5. The summed E-state index contributed by atoms with van der Waals surface area (Å²) in [5.74, 6) is -1.10. The summed E-state index contributed by atoms with van der Waals surface area (Å²) in [5.41, 5.74) is 1.17. The van der Waals surface area contributed by atoms with Gasteiger partial charge in [0.05, 0.1) is 37.2 Å². The minimum absolute atomic E-state index is 0.0181. The Balaban J connectivity index is 0.973. The highest BCUT2D eigenvalue weighted by molar-refractivity contribution is 6.13. The molecule has 0 aliphatic carbocycles. The summed E-state index contributed by atoms with van der Waals surface area (Å²) in [7, 11) is 1.41. The van der Waals surface area contributed by atoms with Crippen molar-refractivity contribution in [3.05, 3.63) is 162 Å². The van der Waals surface area contributed by atoms with Gasteiger partial charge in [-0.05, 0) is 59.3 Å². The molecule has 9 rings (SSSR count). The fourth-order valence-corrected chi connectivity index (χ4v) is 6.72. The number of ether oxygens (including phenoxy) is 1. The predicted octanol–water partition coefficient (Wildman–Crippen LogP) is 9.42. The molecule has 0 spiro atoms. The van der Waals surface area contributed by atoms with E-state index in [1.165, 1.54) is 59.7 Å². The van der Waals surface area contributed by atoms with Gasteiger partial charge in [-0.15, -0.1) is 20.5 Å². The Hall–Kier alpha value is -10.1. The lowest BCUT2D eigenvalue weighted by Crippen LogP contribution is -2.14. The lowest BCUT2D eigenvalue weighted by molar-refractivity contribution is 0.101. The van der Waals surface area contributed by atoms with Crippen LogP contribution in [-0.2, 0) is 0 Å². The Kier molecular flexibility index (Phi) is 10.9. The predicted molar refractivity (Wildman–Crippen MR) is 236 cm³/mol. The molecule has 9 aromatic rings. The lowest BCUT2D eigenvalue weighted by atomic mass is 10.0. The fourth-order valence-electron chi connectivity index (χ4n) is 6.72. The quantitative estimate of drug-likeness (QED) is 0.0815. The SMILES string of the molecule is [C-]#[N+]c1cnn(-c2ncccn2)c1N=Nc1c(OC)c(C(=O)Nc2ccc(NC(=O)c3cc4ccccc4c(N=Nc4c(C#N)cnn4-c4ncccn4)c3O)cc2)cc2ccccc12. The summed E-state index contributed by atoms with van der Waals surface area (Å²) < 4.78 is 8.30. The van der Waals surface area contributed by atoms with E-state index in [1.54, 1.807) is 72.8 Å². The maximum atomic E-state index is 14.0. The van der Waals surface area contributed by atoms with Gasteiger partial charge in [0.2, 0.25) is 0 Å². The number of hydrogen-bond donors (Lipinski definition) is 3. The number of nitrogens with one attached hydrogen (secondary N) is 2. The van der Waals surface area contributed by atoms with Gasteiger partial charge >= 0.3 is 0 Å². The minimum Gasteiger partial charge on any atom is -0.505 e. The van der Waals surface area contributed by atoms with Crippen LogP contribution in [0, 0.1) is 17.9 Å². The molecule has 0 fully saturated rings. The normalized spacial score (nSPS) is 11.2. The zero-order valence-electron chi connectivity index (χ0n) is 33.6. The van der Waals surface area contributed by atoms with Crippen LogP contribution in [0.15, 0.2) is 155 Å². The van der Waals surface area contributed by atoms with Crippen molar-refractivity contribution >= 4 is 73.4 Å². The van der Waals surface area contributed by atoms with E-state index in [4.69, 9.17) is 11.3 Å². The molecule has 4 heterocycles. The number of anilines is 2. The van der Waals surface area contributed by atoms with Gasteiger partial charge in [0.25, 0.3) is 29.4 Å². The number of carbonyl (C=O) groups is 2. The molecule has 0 aliphatic heterocycles. The molecule has 5 aromatic carbocycles. The number of benzene rings is 5. The number of phenolic OH excluding ortho intramolecular Hbond substituents is 1. The zero-order valence-corrected chi connectivity index (χ0v) is 33.6. The molecule has 0 saturated carbocycles. The van der Waals surface area contributed by atoms with Gasteiger partial charge in [-0.3, -0.25) is 9.59 Å². The third-order valence-electron chi connectivity index (χ3n) is 9.75. The van der Waals surface area contributed by atoms with Crippen LogP contribution in [0.25, 0.3) is 38.3 Å². The van der Waals surface area contributed by atoms with Crippen LogP contribution in [0.5, 0.6) is 11.5 Å². The molecule has 20 heteroatoms. The number of methoxy groups -OCH3 is 1. The van der Waals surface area contributed by atoms with Crippen LogP contribution >= 0.6 is 0 Å². The molecule has 20 nitrogen and oxygen atoms in total. The molecule has 3 N–H and O–H groups in total. The number of nitrogens with zero attached hydrogens (tertiary/aromatic N) is 14. The van der Waals surface area contributed by atoms with Crippen LogP contribution in [0.3, 0.4) is 0 Å². The van der Waals surface area contributed by atoms with E-state index < -0.39 is 17.6 Å². The summed E-state index contributed by atoms with van der Waals surface area (Å²) >= 11 is 0. The van der Waals surface area contributed by atoms with E-state index in [1.807, 2.05) is 24.3 Å². The van der Waals surface area contributed by atoms with Crippen molar-refractivity contribution in [1.82, 2.24) is 39.5 Å². The molecule has 0 aliphatic rings. The number of carbonyl (C=O) groups excluding carboxylic acids is 2. The average molecular weight is 857 g/mol. The van der Waals surface area contributed by atoms with Crippen molar-refractivity contribution in [3.63, 3.8) is 0 Å². The van der Waals surface area contributed by atoms with E-state index in [-0.39, 0.29) is 63.0 Å². The van der Waals surface area contributed by atoms with Crippen molar-refractivity contribution in [3.8, 4) is 29.5 Å². The van der Waals surface area contributed by atoms with Gasteiger partial charge in [-0.25, -0.2) is 24.8 Å². The number of azo groups is 2. The van der Waals surface area contributed by atoms with Gasteiger partial charge in [0.1, 0.15) is 23.0 Å². The standard InChI is InChI=1S/C45H28N16O4/c1-47-35-25-53-61(45-50-19-8-20-51-45)41(35)59-57-37-32-12-6-4-10-27(32)22-34(39(37)65-2)43(64)55-30-15-13-29(14-16-30)54-42(63)33-21-26-9-3-5-11-31(26)36(38(33)62)56-58-40-28(23-46)24-52-60(40)44-48-17-7-18-49-44/h3-22,24-25,62H,2H3,(H,54,63)(H,55,64). The summed E-state index contributed by atoms with van der Waals surface area (Å²) in [6, 6.07) is 29.1. The molecule has 65 heavy (non-hydrogen) atoms. The third kappa shape index (κ3) is 7.87. The summed E-state index contributed by atoms with van der Waals surface area (Å²) in [6.07, 6.45) is 8.71. The number of fused-ring (bicyclic) bond motifs is 2. The fraction of sp³-hybridized carbons (Fsp3) is 0.0222. The molecule has 2 amide bonds. The molecule has 0 unspecified atom stereocenters. The number of hydrogen-bond acceptors (Lipinski definition) is 15. The number of aromatic nitrogens is 8. The Labute approximate surface area is 366 Å². The number of aromatic hydroxyl groups is 1. The van der Waals surface area contributed by atoms with Crippen LogP contribution < -0.4 is 15.4 Å². The van der Waals surface area contributed by atoms with Gasteiger partial charge in [-0.2, -0.15) is 24.8 Å². The Morgan fingerprint density at radius 2 is 1.20 bits per heavy atom. The van der Waals surface area contributed by atoms with Gasteiger partial charge in [0, 0.05) is 46.9 Å². The van der Waals surface area contributed by atoms with E-state index in [0.717, 1.165) is 0 Å². The van der Waals surface area contributed by atoms with Gasteiger partial charge in [0.15, 0.2) is 23.1 Å². The highest BCUT2D eigenvalue weighted by Crippen LogP contribution is 2.42. The van der Waals surface area contributed by atoms with Crippen LogP contribution in [0.4, 0.5) is 40.1 Å². The first-order valence-corrected chi connectivity index (χ1v) is 19.2. The lowest BCUT2D eigenvalue weighted by Gasteiger charge is -2.14. The number of nitriles is 1. The summed E-state index contributed by atoms with van der Waals surface area (Å²) in [4.78, 5) is 48.0. The first-order chi connectivity index (χ1) is 31.8. The minimum atomic E-state index is -0.660. The van der Waals surface area contributed by atoms with Crippen molar-refractivity contribution < 1.29 is 19.4 Å². The summed E-state index contributed by atoms with van der Waals surface area (Å²) in [6.45, 7) is 7.65. The van der Waals surface area contributed by atoms with Crippen LogP contribution in [0.1, 0.15) is 26.3 Å². The van der Waals surface area contributed by atoms with Crippen LogP contribution in [-0.4, -0.2) is 63.5 Å². The summed E-state index contributed by atoms with van der Waals surface area (Å²) in [5, 5.41) is 55.1. The smallest absolute Gasteiger partial charge is 0.259 e. The number of phenols is 1. The van der Waals surface area contributed by atoms with Gasteiger partial charge in [-0.1, -0.05) is 48.5 Å². The van der Waals surface area contributed by atoms with Crippen molar-refractivity contribution in [2.45, 2.75) is 0 Å². The Morgan fingerprint density at radius 3 is 1.78 bits per heavy atom. The molecule has 0 atom stereocenters. The Morgan fingerprint density at radius 1 is 0.692 bits per heavy atom. The molecule has 312 valence electrons. The number of amides is 2. The zero-order chi connectivity index (χ0) is 44.9. The first kappa shape index (κ1) is 40.3. The number of rotatable bonds is 11. The van der Waals surface area contributed by atoms with E-state index in [9.17, 15) is 20.0 Å². The van der Waals surface area contributed by atoms with Gasteiger partial charge < -0.3 is 20.5 Å². The molecule has 0 bridgehead atoms. The molecular weight excluding hydrogens is 829 g/mol. The van der Waals surface area contributed by atoms with E-state index in [2.05, 4.69) is 66.1 Å². The largest absolute Gasteiger partial charge is 0.505 e. The molecular formula is C45H28N16O4. The topological polar surface area (TPSA) is 252 Å². The van der Waals surface area contributed by atoms with Crippen molar-refractivity contribution in [1.29, 1.82) is 5.26 Å². The van der Waals surface area contributed by atoms with E-state index >= 15 is 0 Å². The van der Waals surface area contributed by atoms with Crippen molar-refractivity contribution in [2.75, 3.05) is 17.7 Å². The second-order valence-electron chi connectivity index (χ2n) is 13.6. The molecule has 0 radical (unpaired) electrons. The highest BCUT2D eigenvalue weighted by Gasteiger charge is 2.23. The second-order valence-corrected chi connectivity index (χ2v) is 13.6. The maximum Gasteiger partial charge on any atom is 0.259 e. The monoisotopic (exact) mass is 856 g/mol. The maximum absolute atomic E-state index is 14.0. The first-order valence-electron chi connectivity index (χ1n) is 19.2. The van der Waals surface area contributed by atoms with E-state index in [0.29, 0.717) is 32.9 Å².